The van der Waals surface area contributed by atoms with E-state index in [-0.39, 0.29) is 16.3 Å². The highest BCUT2D eigenvalue weighted by molar-refractivity contribution is 6.32. The van der Waals surface area contributed by atoms with Crippen LogP contribution in [0.3, 0.4) is 0 Å². The molecule has 0 atom stereocenters. The molecule has 7 heteroatoms. The summed E-state index contributed by atoms with van der Waals surface area (Å²) in [5.74, 6) is 1.36. The van der Waals surface area contributed by atoms with Crippen LogP contribution in [0.15, 0.2) is 84.9 Å². The zero-order chi connectivity index (χ0) is 21.8. The zero-order valence-electron chi connectivity index (χ0n) is 16.0. The fraction of sp³-hybridized carbons (Fsp3) is 0. The first-order valence-electron chi connectivity index (χ1n) is 9.24. The van der Waals surface area contributed by atoms with Crippen LogP contribution in [0, 0.1) is 21.4 Å². The summed E-state index contributed by atoms with van der Waals surface area (Å²) in [6.45, 7) is 0. The van der Waals surface area contributed by atoms with Crippen LogP contribution in [-0.2, 0) is 0 Å². The number of nitriles is 1. The quantitative estimate of drug-likeness (QED) is 0.263. The molecule has 0 aliphatic rings. The predicted molar refractivity (Wildman–Crippen MR) is 118 cm³/mol. The molecule has 0 saturated heterocycles. The van der Waals surface area contributed by atoms with Gasteiger partial charge in [0.25, 0.3) is 5.69 Å². The molecule has 0 bridgehead atoms. The van der Waals surface area contributed by atoms with E-state index in [1.807, 2.05) is 30.3 Å². The first kappa shape index (κ1) is 20.1. The Balaban J connectivity index is 1.70. The van der Waals surface area contributed by atoms with Crippen LogP contribution >= 0.6 is 11.6 Å². The molecule has 0 aliphatic heterocycles. The number of halogens is 1. The lowest BCUT2D eigenvalue weighted by atomic mass is 10.0. The molecule has 0 N–H and O–H groups in total. The second-order valence-electron chi connectivity index (χ2n) is 6.57. The van der Waals surface area contributed by atoms with Crippen molar-refractivity contribution in [2.24, 2.45) is 0 Å². The lowest BCUT2D eigenvalue weighted by Crippen LogP contribution is -1.95. The Kier molecular flexibility index (Phi) is 5.61. The SMILES string of the molecule is N#Cc1c(Cl)cc(-c2ccc([N+](=O)[O-])cc2)nc1-c1ccc(Oc2ccccc2)cc1. The Morgan fingerprint density at radius 3 is 2.13 bits per heavy atom. The van der Waals surface area contributed by atoms with E-state index >= 15 is 0 Å². The van der Waals surface area contributed by atoms with Gasteiger partial charge in [-0.1, -0.05) is 29.8 Å². The Labute approximate surface area is 183 Å². The van der Waals surface area contributed by atoms with E-state index in [0.717, 1.165) is 0 Å². The second-order valence-corrected chi connectivity index (χ2v) is 6.98. The monoisotopic (exact) mass is 427 g/mol. The Morgan fingerprint density at radius 1 is 0.903 bits per heavy atom. The van der Waals surface area contributed by atoms with Crippen molar-refractivity contribution in [2.45, 2.75) is 0 Å². The number of para-hydroxylation sites is 1. The van der Waals surface area contributed by atoms with Crippen LogP contribution in [0.1, 0.15) is 5.56 Å². The highest BCUT2D eigenvalue weighted by Gasteiger charge is 2.15. The van der Waals surface area contributed by atoms with Crippen molar-refractivity contribution in [1.29, 1.82) is 5.26 Å². The standard InChI is InChI=1S/C24H14ClN3O3/c25-22-14-23(16-6-10-18(11-7-16)28(29)30)27-24(21(22)15-26)17-8-12-20(13-9-17)31-19-4-2-1-3-5-19/h1-14H. The van der Waals surface area contributed by atoms with E-state index in [2.05, 4.69) is 11.1 Å². The number of aromatic nitrogens is 1. The molecule has 31 heavy (non-hydrogen) atoms. The maximum Gasteiger partial charge on any atom is 0.269 e. The topological polar surface area (TPSA) is 89.0 Å². The average Bonchev–Trinajstić information content (AvgIpc) is 2.80. The third kappa shape index (κ3) is 4.37. The number of rotatable bonds is 5. The van der Waals surface area contributed by atoms with Gasteiger partial charge in [0.15, 0.2) is 0 Å². The van der Waals surface area contributed by atoms with Crippen LogP contribution in [-0.4, -0.2) is 9.91 Å². The summed E-state index contributed by atoms with van der Waals surface area (Å²) in [6.07, 6.45) is 0. The predicted octanol–water partition coefficient (Wildman–Crippen LogP) is 6.64. The molecule has 4 aromatic rings. The summed E-state index contributed by atoms with van der Waals surface area (Å²) in [7, 11) is 0. The van der Waals surface area contributed by atoms with Gasteiger partial charge in [0.2, 0.25) is 0 Å². The van der Waals surface area contributed by atoms with Crippen LogP contribution in [0.5, 0.6) is 11.5 Å². The number of ether oxygens (including phenoxy) is 1. The second kappa shape index (κ2) is 8.66. The molecule has 0 fully saturated rings. The zero-order valence-corrected chi connectivity index (χ0v) is 16.8. The summed E-state index contributed by atoms with van der Waals surface area (Å²) in [5.41, 5.74) is 2.53. The summed E-state index contributed by atoms with van der Waals surface area (Å²) >= 11 is 6.36. The molecule has 1 aromatic heterocycles. The van der Waals surface area contributed by atoms with Gasteiger partial charge in [0.1, 0.15) is 17.6 Å². The van der Waals surface area contributed by atoms with Crippen molar-refractivity contribution in [3.8, 4) is 40.1 Å². The van der Waals surface area contributed by atoms with E-state index in [4.69, 9.17) is 16.3 Å². The number of nitro groups is 1. The molecule has 0 spiro atoms. The number of non-ortho nitro benzene ring substituents is 1. The minimum atomic E-state index is -0.465. The smallest absolute Gasteiger partial charge is 0.269 e. The van der Waals surface area contributed by atoms with Crippen molar-refractivity contribution in [3.63, 3.8) is 0 Å². The van der Waals surface area contributed by atoms with Gasteiger partial charge >= 0.3 is 0 Å². The lowest BCUT2D eigenvalue weighted by Gasteiger charge is -2.10. The third-order valence-corrected chi connectivity index (χ3v) is 4.86. The number of nitrogens with zero attached hydrogens (tertiary/aromatic N) is 3. The fourth-order valence-corrected chi connectivity index (χ4v) is 3.27. The summed E-state index contributed by atoms with van der Waals surface area (Å²) < 4.78 is 5.81. The Bertz CT molecular complexity index is 1280. The van der Waals surface area contributed by atoms with Crippen molar-refractivity contribution in [2.75, 3.05) is 0 Å². The van der Waals surface area contributed by atoms with Crippen molar-refractivity contribution >= 4 is 17.3 Å². The largest absolute Gasteiger partial charge is 0.457 e. The molecule has 3 aromatic carbocycles. The van der Waals surface area contributed by atoms with E-state index in [9.17, 15) is 15.4 Å². The average molecular weight is 428 g/mol. The number of pyridine rings is 1. The molecule has 0 unspecified atom stereocenters. The van der Waals surface area contributed by atoms with Crippen LogP contribution in [0.4, 0.5) is 5.69 Å². The van der Waals surface area contributed by atoms with Crippen molar-refractivity contribution in [3.05, 3.63) is 106 Å². The van der Waals surface area contributed by atoms with E-state index in [1.165, 1.54) is 12.1 Å². The van der Waals surface area contributed by atoms with Crippen LogP contribution in [0.25, 0.3) is 22.5 Å². The molecular formula is C24H14ClN3O3. The van der Waals surface area contributed by atoms with E-state index < -0.39 is 4.92 Å². The number of benzene rings is 3. The summed E-state index contributed by atoms with van der Waals surface area (Å²) in [6, 6.07) is 26.3. The molecule has 150 valence electrons. The van der Waals surface area contributed by atoms with Crippen molar-refractivity contribution < 1.29 is 9.66 Å². The normalized spacial score (nSPS) is 10.3. The highest BCUT2D eigenvalue weighted by Crippen LogP contribution is 2.33. The lowest BCUT2D eigenvalue weighted by molar-refractivity contribution is -0.384. The first-order chi connectivity index (χ1) is 15.0. The maximum absolute atomic E-state index is 10.9. The van der Waals surface area contributed by atoms with Gasteiger partial charge in [-0.3, -0.25) is 10.1 Å². The minimum Gasteiger partial charge on any atom is -0.457 e. The van der Waals surface area contributed by atoms with E-state index in [1.54, 1.807) is 42.5 Å². The van der Waals surface area contributed by atoms with Gasteiger partial charge < -0.3 is 4.74 Å². The molecule has 0 saturated carbocycles. The molecule has 4 rings (SSSR count). The minimum absolute atomic E-state index is 0.0160. The molecule has 0 radical (unpaired) electrons. The summed E-state index contributed by atoms with van der Waals surface area (Å²) in [4.78, 5) is 15.0. The number of hydrogen-bond donors (Lipinski definition) is 0. The molecule has 1 heterocycles. The Morgan fingerprint density at radius 2 is 1.52 bits per heavy atom. The van der Waals surface area contributed by atoms with E-state index in [0.29, 0.717) is 34.0 Å². The van der Waals surface area contributed by atoms with Crippen LogP contribution < -0.4 is 4.74 Å². The molecule has 0 aliphatic carbocycles. The number of nitro benzene ring substituents is 1. The van der Waals surface area contributed by atoms with Gasteiger partial charge in [-0.05, 0) is 54.6 Å². The van der Waals surface area contributed by atoms with Gasteiger partial charge in [-0.25, -0.2) is 4.98 Å². The van der Waals surface area contributed by atoms with Gasteiger partial charge in [-0.15, -0.1) is 0 Å². The summed E-state index contributed by atoms with van der Waals surface area (Å²) in [5, 5.41) is 20.7. The Hall–Kier alpha value is -4.21. The maximum atomic E-state index is 10.9. The first-order valence-corrected chi connectivity index (χ1v) is 9.62. The fourth-order valence-electron chi connectivity index (χ4n) is 3.04. The van der Waals surface area contributed by atoms with Crippen LogP contribution in [0.2, 0.25) is 5.02 Å². The molecule has 6 nitrogen and oxygen atoms in total. The molecule has 0 amide bonds. The van der Waals surface area contributed by atoms with Gasteiger partial charge in [0.05, 0.1) is 26.9 Å². The molecular weight excluding hydrogens is 414 g/mol. The van der Waals surface area contributed by atoms with Gasteiger partial charge in [-0.2, -0.15) is 5.26 Å². The van der Waals surface area contributed by atoms with Gasteiger partial charge in [0, 0.05) is 23.3 Å². The van der Waals surface area contributed by atoms with Crippen molar-refractivity contribution in [1.82, 2.24) is 4.98 Å². The third-order valence-electron chi connectivity index (χ3n) is 4.56. The number of hydrogen-bond acceptors (Lipinski definition) is 5. The highest BCUT2D eigenvalue weighted by atomic mass is 35.5.